The molecule has 0 unspecified atom stereocenters. The molecule has 1 rings (SSSR count). The Labute approximate surface area is 99.8 Å². The van der Waals surface area contributed by atoms with Crippen LogP contribution in [0.15, 0.2) is 18.2 Å². The zero-order chi connectivity index (χ0) is 12.0. The molecule has 0 spiro atoms. The molecule has 0 heterocycles. The van der Waals surface area contributed by atoms with Gasteiger partial charge in [-0.15, -0.1) is 0 Å². The standard InChI is InChI=1S/C12H16O3S/c1-9-7-10(3-4-11(9)15-2)8-16-6-5-12(13)14/h3-4,7H,5-6,8H2,1-2H3,(H,13,14). The van der Waals surface area contributed by atoms with E-state index in [0.717, 1.165) is 17.1 Å². The van der Waals surface area contributed by atoms with Crippen LogP contribution in [0.25, 0.3) is 0 Å². The number of methoxy groups -OCH3 is 1. The average molecular weight is 240 g/mol. The van der Waals surface area contributed by atoms with Crippen LogP contribution in [0, 0.1) is 6.92 Å². The van der Waals surface area contributed by atoms with Gasteiger partial charge >= 0.3 is 5.97 Å². The first-order valence-electron chi connectivity index (χ1n) is 5.06. The quantitative estimate of drug-likeness (QED) is 0.777. The smallest absolute Gasteiger partial charge is 0.304 e. The van der Waals surface area contributed by atoms with Gasteiger partial charge in [0.1, 0.15) is 5.75 Å². The summed E-state index contributed by atoms with van der Waals surface area (Å²) in [5.74, 6) is 1.65. The third-order valence-corrected chi connectivity index (χ3v) is 3.22. The maximum Gasteiger partial charge on any atom is 0.304 e. The van der Waals surface area contributed by atoms with Crippen LogP contribution in [0.3, 0.4) is 0 Å². The van der Waals surface area contributed by atoms with E-state index >= 15 is 0 Å². The van der Waals surface area contributed by atoms with Gasteiger partial charge in [-0.3, -0.25) is 4.79 Å². The topological polar surface area (TPSA) is 46.5 Å². The van der Waals surface area contributed by atoms with Crippen molar-refractivity contribution in [1.29, 1.82) is 0 Å². The second-order valence-corrected chi connectivity index (χ2v) is 4.61. The summed E-state index contributed by atoms with van der Waals surface area (Å²) in [7, 11) is 1.66. The minimum absolute atomic E-state index is 0.222. The Balaban J connectivity index is 2.43. The predicted octanol–water partition coefficient (Wildman–Crippen LogP) is 2.71. The lowest BCUT2D eigenvalue weighted by Gasteiger charge is -2.06. The molecule has 0 aromatic heterocycles. The number of hydrogen-bond acceptors (Lipinski definition) is 3. The number of carbonyl (C=O) groups is 1. The van der Waals surface area contributed by atoms with Gasteiger partial charge in [0.15, 0.2) is 0 Å². The lowest BCUT2D eigenvalue weighted by atomic mass is 10.1. The highest BCUT2D eigenvalue weighted by molar-refractivity contribution is 7.98. The maximum atomic E-state index is 10.3. The average Bonchev–Trinajstić information content (AvgIpc) is 2.24. The van der Waals surface area contributed by atoms with Crippen molar-refractivity contribution in [3.8, 4) is 5.75 Å². The minimum Gasteiger partial charge on any atom is -0.496 e. The Morgan fingerprint density at radius 1 is 1.50 bits per heavy atom. The van der Waals surface area contributed by atoms with E-state index in [0.29, 0.717) is 5.75 Å². The van der Waals surface area contributed by atoms with Crippen molar-refractivity contribution in [2.45, 2.75) is 19.1 Å². The largest absolute Gasteiger partial charge is 0.496 e. The molecule has 0 aliphatic rings. The van der Waals surface area contributed by atoms with E-state index in [4.69, 9.17) is 9.84 Å². The molecular weight excluding hydrogens is 224 g/mol. The molecular formula is C12H16O3S. The molecule has 1 aromatic rings. The van der Waals surface area contributed by atoms with Crippen molar-refractivity contribution in [3.63, 3.8) is 0 Å². The van der Waals surface area contributed by atoms with Gasteiger partial charge in [0.05, 0.1) is 13.5 Å². The lowest BCUT2D eigenvalue weighted by molar-refractivity contribution is -0.136. The molecule has 4 heteroatoms. The monoisotopic (exact) mass is 240 g/mol. The third-order valence-electron chi connectivity index (χ3n) is 2.19. The van der Waals surface area contributed by atoms with E-state index in [-0.39, 0.29) is 6.42 Å². The lowest BCUT2D eigenvalue weighted by Crippen LogP contribution is -1.96. The van der Waals surface area contributed by atoms with Crippen LogP contribution in [-0.4, -0.2) is 23.9 Å². The zero-order valence-corrected chi connectivity index (χ0v) is 10.3. The Kier molecular flexibility index (Phi) is 5.19. The molecule has 0 saturated heterocycles. The number of rotatable bonds is 6. The van der Waals surface area contributed by atoms with Crippen molar-refractivity contribution in [2.24, 2.45) is 0 Å². The second-order valence-electron chi connectivity index (χ2n) is 3.50. The van der Waals surface area contributed by atoms with Crippen molar-refractivity contribution in [1.82, 2.24) is 0 Å². The van der Waals surface area contributed by atoms with E-state index in [1.54, 1.807) is 18.9 Å². The van der Waals surface area contributed by atoms with E-state index in [2.05, 4.69) is 6.07 Å². The van der Waals surface area contributed by atoms with Crippen LogP contribution >= 0.6 is 11.8 Å². The molecule has 3 nitrogen and oxygen atoms in total. The number of hydrogen-bond donors (Lipinski definition) is 1. The summed E-state index contributed by atoms with van der Waals surface area (Å²) in [5.41, 5.74) is 2.31. The number of carboxylic acids is 1. The van der Waals surface area contributed by atoms with Crippen LogP contribution in [0.4, 0.5) is 0 Å². The Hall–Kier alpha value is -1.16. The van der Waals surface area contributed by atoms with E-state index in [1.165, 1.54) is 5.56 Å². The van der Waals surface area contributed by atoms with Gasteiger partial charge in [0.2, 0.25) is 0 Å². The molecule has 88 valence electrons. The summed E-state index contributed by atoms with van der Waals surface area (Å²) in [6.07, 6.45) is 0.222. The van der Waals surface area contributed by atoms with E-state index in [1.807, 2.05) is 19.1 Å². The van der Waals surface area contributed by atoms with Crippen molar-refractivity contribution >= 4 is 17.7 Å². The van der Waals surface area contributed by atoms with E-state index in [9.17, 15) is 4.79 Å². The van der Waals surface area contributed by atoms with Gasteiger partial charge in [0, 0.05) is 11.5 Å². The Morgan fingerprint density at radius 3 is 2.81 bits per heavy atom. The highest BCUT2D eigenvalue weighted by atomic mass is 32.2. The van der Waals surface area contributed by atoms with Crippen molar-refractivity contribution in [3.05, 3.63) is 29.3 Å². The molecule has 0 atom stereocenters. The number of aliphatic carboxylic acids is 1. The predicted molar refractivity (Wildman–Crippen MR) is 66.1 cm³/mol. The maximum absolute atomic E-state index is 10.3. The van der Waals surface area contributed by atoms with Gasteiger partial charge in [-0.05, 0) is 24.1 Å². The normalized spacial score (nSPS) is 10.1. The molecule has 0 fully saturated rings. The second kappa shape index (κ2) is 6.43. The first-order chi connectivity index (χ1) is 7.63. The van der Waals surface area contributed by atoms with E-state index < -0.39 is 5.97 Å². The summed E-state index contributed by atoms with van der Waals surface area (Å²) in [5, 5.41) is 8.49. The highest BCUT2D eigenvalue weighted by Gasteiger charge is 2.01. The fourth-order valence-corrected chi connectivity index (χ4v) is 2.26. The number of ether oxygens (including phenoxy) is 1. The van der Waals surface area contributed by atoms with Crippen LogP contribution in [0.5, 0.6) is 5.75 Å². The van der Waals surface area contributed by atoms with Crippen molar-refractivity contribution < 1.29 is 14.6 Å². The fraction of sp³-hybridized carbons (Fsp3) is 0.417. The molecule has 1 N–H and O–H groups in total. The van der Waals surface area contributed by atoms with Gasteiger partial charge < -0.3 is 9.84 Å². The number of thioether (sulfide) groups is 1. The first-order valence-corrected chi connectivity index (χ1v) is 6.22. The van der Waals surface area contributed by atoms with Crippen LogP contribution in [0.1, 0.15) is 17.5 Å². The van der Waals surface area contributed by atoms with Crippen LogP contribution in [0.2, 0.25) is 0 Å². The van der Waals surface area contributed by atoms with Gasteiger partial charge in [-0.1, -0.05) is 12.1 Å². The zero-order valence-electron chi connectivity index (χ0n) is 9.53. The van der Waals surface area contributed by atoms with Gasteiger partial charge in [-0.2, -0.15) is 11.8 Å². The molecule has 0 aliphatic heterocycles. The van der Waals surface area contributed by atoms with Crippen LogP contribution in [-0.2, 0) is 10.5 Å². The summed E-state index contributed by atoms with van der Waals surface area (Å²) in [4.78, 5) is 10.3. The Bertz CT molecular complexity index is 363. The SMILES string of the molecule is COc1ccc(CSCCC(=O)O)cc1C. The Morgan fingerprint density at radius 2 is 2.25 bits per heavy atom. The number of carboxylic acid groups (broad SMARTS) is 1. The summed E-state index contributed by atoms with van der Waals surface area (Å²) in [6, 6.07) is 6.04. The molecule has 0 aliphatic carbocycles. The van der Waals surface area contributed by atoms with Crippen LogP contribution < -0.4 is 4.74 Å². The first kappa shape index (κ1) is 12.9. The van der Waals surface area contributed by atoms with Gasteiger partial charge in [0.25, 0.3) is 0 Å². The number of aryl methyl sites for hydroxylation is 1. The summed E-state index contributed by atoms with van der Waals surface area (Å²) >= 11 is 1.64. The number of benzene rings is 1. The molecule has 16 heavy (non-hydrogen) atoms. The van der Waals surface area contributed by atoms with Crippen molar-refractivity contribution in [2.75, 3.05) is 12.9 Å². The summed E-state index contributed by atoms with van der Waals surface area (Å²) < 4.78 is 5.17. The fourth-order valence-electron chi connectivity index (χ4n) is 1.38. The molecule has 1 aromatic carbocycles. The molecule has 0 amide bonds. The molecule has 0 bridgehead atoms. The minimum atomic E-state index is -0.738. The molecule has 0 saturated carbocycles. The molecule has 0 radical (unpaired) electrons. The summed E-state index contributed by atoms with van der Waals surface area (Å²) in [6.45, 7) is 2.00. The van der Waals surface area contributed by atoms with Gasteiger partial charge in [-0.25, -0.2) is 0 Å². The highest BCUT2D eigenvalue weighted by Crippen LogP contribution is 2.21. The third kappa shape index (κ3) is 4.14.